The van der Waals surface area contributed by atoms with Gasteiger partial charge in [-0.05, 0) is 34.9 Å². The van der Waals surface area contributed by atoms with Crippen LogP contribution < -0.4 is 10.1 Å². The number of ether oxygens (including phenoxy) is 1. The van der Waals surface area contributed by atoms with Crippen LogP contribution in [-0.2, 0) is 30.6 Å². The Balaban J connectivity index is 1.78. The van der Waals surface area contributed by atoms with Crippen molar-refractivity contribution in [3.05, 3.63) is 81.8 Å². The minimum Gasteiger partial charge on any atom is -0.472 e. The van der Waals surface area contributed by atoms with Crippen LogP contribution in [0.1, 0.15) is 27.0 Å². The highest BCUT2D eigenvalue weighted by Crippen LogP contribution is 2.21. The first-order chi connectivity index (χ1) is 14.9. The molecule has 1 aromatic heterocycles. The van der Waals surface area contributed by atoms with E-state index in [9.17, 15) is 18.5 Å². The van der Waals surface area contributed by atoms with Crippen molar-refractivity contribution in [1.29, 1.82) is 0 Å². The van der Waals surface area contributed by atoms with Crippen molar-refractivity contribution in [3.8, 4) is 5.88 Å². The predicted octanol–water partition coefficient (Wildman–Crippen LogP) is 3.01. The molecule has 0 radical (unpaired) electrons. The van der Waals surface area contributed by atoms with Gasteiger partial charge in [0, 0.05) is 24.0 Å². The van der Waals surface area contributed by atoms with Gasteiger partial charge in [0.25, 0.3) is 5.91 Å². The fourth-order valence-electron chi connectivity index (χ4n) is 2.60. The molecule has 0 aliphatic heterocycles. The van der Waals surface area contributed by atoms with Crippen molar-refractivity contribution in [1.82, 2.24) is 15.3 Å². The maximum atomic E-state index is 13.0. The second-order valence-corrected chi connectivity index (χ2v) is 8.19. The van der Waals surface area contributed by atoms with Gasteiger partial charge in [-0.1, -0.05) is 35.9 Å². The summed E-state index contributed by atoms with van der Waals surface area (Å²) in [6, 6.07) is 10.8. The van der Waals surface area contributed by atoms with Crippen molar-refractivity contribution in [3.63, 3.8) is 0 Å². The van der Waals surface area contributed by atoms with Gasteiger partial charge in [-0.3, -0.25) is 9.00 Å². The van der Waals surface area contributed by atoms with Crippen molar-refractivity contribution in [2.24, 2.45) is 0 Å². The van der Waals surface area contributed by atoms with Gasteiger partial charge in [-0.15, -0.1) is 0 Å². The third kappa shape index (κ3) is 6.06. The van der Waals surface area contributed by atoms with E-state index in [-0.39, 0.29) is 42.2 Å². The largest absolute Gasteiger partial charge is 0.472 e. The molecule has 2 aromatic carbocycles. The molecule has 7 nitrogen and oxygen atoms in total. The molecule has 0 fully saturated rings. The number of aliphatic hydroxyl groups is 1. The number of hydrogen-bond donors (Lipinski definition) is 2. The predicted molar refractivity (Wildman–Crippen MR) is 114 cm³/mol. The Kier molecular flexibility index (Phi) is 7.67. The summed E-state index contributed by atoms with van der Waals surface area (Å²) in [5, 5.41) is 12.3. The number of nitrogens with one attached hydrogen (secondary N) is 1. The van der Waals surface area contributed by atoms with Gasteiger partial charge in [0.1, 0.15) is 18.0 Å². The van der Waals surface area contributed by atoms with Gasteiger partial charge in [0.15, 0.2) is 0 Å². The number of rotatable bonds is 8. The number of carbonyl (C=O) groups is 1. The molecule has 2 N–H and O–H groups in total. The van der Waals surface area contributed by atoms with E-state index < -0.39 is 16.7 Å². The highest BCUT2D eigenvalue weighted by atomic mass is 35.5. The smallest absolute Gasteiger partial charge is 0.258 e. The summed E-state index contributed by atoms with van der Waals surface area (Å²) in [6.45, 7) is 0.0185. The second-order valence-electron chi connectivity index (χ2n) is 6.51. The monoisotopic (exact) mass is 463 g/mol. The first-order valence-electron chi connectivity index (χ1n) is 9.11. The fraction of sp³-hybridized carbons (Fsp3) is 0.190. The molecule has 0 saturated heterocycles. The van der Waals surface area contributed by atoms with Gasteiger partial charge in [0.2, 0.25) is 11.0 Å². The van der Waals surface area contributed by atoms with E-state index in [1.165, 1.54) is 24.6 Å². The highest BCUT2D eigenvalue weighted by molar-refractivity contribution is 7.84. The van der Waals surface area contributed by atoms with Crippen LogP contribution in [0.3, 0.4) is 0 Å². The van der Waals surface area contributed by atoms with Gasteiger partial charge in [-0.2, -0.15) is 4.98 Å². The van der Waals surface area contributed by atoms with E-state index in [4.69, 9.17) is 16.3 Å². The molecule has 1 unspecified atom stereocenters. The Morgan fingerprint density at radius 2 is 1.94 bits per heavy atom. The second kappa shape index (κ2) is 10.4. The first-order valence-corrected chi connectivity index (χ1v) is 11.0. The Morgan fingerprint density at radius 3 is 2.58 bits per heavy atom. The maximum absolute atomic E-state index is 13.0. The summed E-state index contributed by atoms with van der Waals surface area (Å²) in [7, 11) is -1.47. The quantitative estimate of drug-likeness (QED) is 0.498. The third-order valence-electron chi connectivity index (χ3n) is 4.26. The summed E-state index contributed by atoms with van der Waals surface area (Å²) in [5.41, 5.74) is 2.05. The third-order valence-corrected chi connectivity index (χ3v) is 5.33. The van der Waals surface area contributed by atoms with Crippen molar-refractivity contribution < 1.29 is 23.2 Å². The average Bonchev–Trinajstić information content (AvgIpc) is 2.77. The molecule has 0 saturated carbocycles. The van der Waals surface area contributed by atoms with Crippen LogP contribution in [0.2, 0.25) is 5.02 Å². The van der Waals surface area contributed by atoms with Crippen LogP contribution >= 0.6 is 11.6 Å². The van der Waals surface area contributed by atoms with Crippen molar-refractivity contribution in [2.45, 2.75) is 24.9 Å². The molecule has 3 aromatic rings. The Labute approximate surface area is 185 Å². The lowest BCUT2D eigenvalue weighted by atomic mass is 10.1. The molecule has 1 heterocycles. The zero-order valence-electron chi connectivity index (χ0n) is 16.5. The van der Waals surface area contributed by atoms with E-state index >= 15 is 0 Å². The molecule has 162 valence electrons. The van der Waals surface area contributed by atoms with E-state index in [0.717, 1.165) is 0 Å². The van der Waals surface area contributed by atoms with Gasteiger partial charge in [0.05, 0.1) is 17.4 Å². The molecule has 1 atom stereocenters. The van der Waals surface area contributed by atoms with Crippen LogP contribution in [0.5, 0.6) is 5.88 Å². The van der Waals surface area contributed by atoms with Gasteiger partial charge in [-0.25, -0.2) is 9.37 Å². The molecule has 0 spiro atoms. The number of aromatic nitrogens is 2. The number of benzene rings is 2. The van der Waals surface area contributed by atoms with E-state index in [0.29, 0.717) is 21.7 Å². The van der Waals surface area contributed by atoms with Crippen molar-refractivity contribution in [2.75, 3.05) is 6.26 Å². The van der Waals surface area contributed by atoms with E-state index in [2.05, 4.69) is 15.3 Å². The summed E-state index contributed by atoms with van der Waals surface area (Å²) in [4.78, 5) is 20.7. The van der Waals surface area contributed by atoms with Gasteiger partial charge < -0.3 is 15.2 Å². The average molecular weight is 464 g/mol. The zero-order valence-corrected chi connectivity index (χ0v) is 18.0. The first kappa shape index (κ1) is 22.8. The summed E-state index contributed by atoms with van der Waals surface area (Å²) in [5.74, 6) is -0.893. The minimum absolute atomic E-state index is 0.0266. The van der Waals surface area contributed by atoms with Crippen LogP contribution in [0.4, 0.5) is 4.39 Å². The summed E-state index contributed by atoms with van der Waals surface area (Å²) in [6.07, 6.45) is 2.67. The fourth-order valence-corrected chi connectivity index (χ4v) is 3.27. The molecule has 0 aliphatic carbocycles. The number of halogens is 2. The Bertz CT molecular complexity index is 1110. The molecule has 10 heteroatoms. The van der Waals surface area contributed by atoms with Crippen molar-refractivity contribution >= 4 is 28.3 Å². The van der Waals surface area contributed by atoms with Crippen LogP contribution in [0.15, 0.2) is 53.8 Å². The summed E-state index contributed by atoms with van der Waals surface area (Å²) >= 11 is 6.10. The highest BCUT2D eigenvalue weighted by Gasteiger charge is 2.18. The Hall–Kier alpha value is -2.88. The minimum atomic E-state index is -1.47. The maximum Gasteiger partial charge on any atom is 0.258 e. The van der Waals surface area contributed by atoms with Crippen LogP contribution in [0, 0.1) is 5.82 Å². The lowest BCUT2D eigenvalue weighted by Gasteiger charge is -2.12. The summed E-state index contributed by atoms with van der Waals surface area (Å²) < 4.78 is 30.5. The molecule has 1 amide bonds. The number of hydrogen-bond acceptors (Lipinski definition) is 6. The molecule has 31 heavy (non-hydrogen) atoms. The molecule has 3 rings (SSSR count). The number of aliphatic hydroxyl groups excluding tert-OH is 1. The standard InChI is InChI=1S/C21H19ClFN3O4S/c1-31(29)21-25-10-17(19(28)24-9-13-3-6-16(23)7-4-13)20(26-21)30-12-14-2-5-15(11-27)18(22)8-14/h2-8,10,27H,9,11-12H2,1H3,(H,24,28). The van der Waals surface area contributed by atoms with E-state index in [1.807, 2.05) is 0 Å². The zero-order chi connectivity index (χ0) is 22.4. The normalized spacial score (nSPS) is 11.7. The SMILES string of the molecule is CS(=O)c1ncc(C(=O)NCc2ccc(F)cc2)c(OCc2ccc(CO)c(Cl)c2)n1. The lowest BCUT2D eigenvalue weighted by molar-refractivity contribution is 0.0944. The number of amides is 1. The van der Waals surface area contributed by atoms with E-state index in [1.54, 1.807) is 30.3 Å². The lowest BCUT2D eigenvalue weighted by Crippen LogP contribution is -2.24. The molecule has 0 aliphatic rings. The Morgan fingerprint density at radius 1 is 1.23 bits per heavy atom. The van der Waals surface area contributed by atoms with Crippen LogP contribution in [0.25, 0.3) is 0 Å². The molecule has 0 bridgehead atoms. The molecular weight excluding hydrogens is 445 g/mol. The number of carbonyl (C=O) groups excluding carboxylic acids is 1. The molecular formula is C21H19ClFN3O4S. The number of nitrogens with zero attached hydrogens (tertiary/aromatic N) is 2. The van der Waals surface area contributed by atoms with Crippen LogP contribution in [-0.4, -0.2) is 31.4 Å². The van der Waals surface area contributed by atoms with Gasteiger partial charge >= 0.3 is 0 Å². The topological polar surface area (TPSA) is 101 Å².